The number of furan rings is 1. The fourth-order valence-electron chi connectivity index (χ4n) is 5.32. The van der Waals surface area contributed by atoms with Crippen molar-refractivity contribution in [3.63, 3.8) is 0 Å². The predicted molar refractivity (Wildman–Crippen MR) is 158 cm³/mol. The van der Waals surface area contributed by atoms with Gasteiger partial charge in [0.2, 0.25) is 0 Å². The Balaban J connectivity index is 1.22. The van der Waals surface area contributed by atoms with Gasteiger partial charge in [-0.05, 0) is 35.9 Å². The van der Waals surface area contributed by atoms with E-state index in [9.17, 15) is 14.9 Å². The van der Waals surface area contributed by atoms with E-state index in [-0.39, 0.29) is 18.0 Å². The summed E-state index contributed by atoms with van der Waals surface area (Å²) in [6.45, 7) is 3.29. The molecule has 2 N–H and O–H groups in total. The molecule has 0 aliphatic carbocycles. The van der Waals surface area contributed by atoms with Crippen LogP contribution < -0.4 is 20.1 Å². The number of carbonyl (C=O) groups is 2. The Morgan fingerprint density at radius 3 is 2.74 bits per heavy atom. The lowest BCUT2D eigenvalue weighted by Gasteiger charge is -2.23. The van der Waals surface area contributed by atoms with E-state index in [1.807, 2.05) is 24.3 Å². The number of hydrogen-bond donors (Lipinski definition) is 2. The fourth-order valence-corrected chi connectivity index (χ4v) is 5.32. The molecule has 11 heteroatoms. The summed E-state index contributed by atoms with van der Waals surface area (Å²) in [6.07, 6.45) is 3.32. The standard InChI is InChI=1S/C32H31N5O6/c1-40-29-17-21(2-4-25(29)31(38)35-10-12-37-13-11-36-32(37)39)28-18-26-30(43-28)24(6-9-34-26)20-3-5-27(22(16-20)19-33)42-23-7-14-41-15-8-23/h2-6,9,16-18,23H,7-8,10-15H2,1H3,(H,35,38)(H,36,39). The van der Waals surface area contributed by atoms with Crippen LogP contribution in [0.15, 0.2) is 59.1 Å². The molecule has 0 bridgehead atoms. The largest absolute Gasteiger partial charge is 0.496 e. The van der Waals surface area contributed by atoms with Crippen molar-refractivity contribution < 1.29 is 28.2 Å². The van der Waals surface area contributed by atoms with Gasteiger partial charge in [-0.15, -0.1) is 0 Å². The molecule has 2 fully saturated rings. The summed E-state index contributed by atoms with van der Waals surface area (Å²) < 4.78 is 23.4. The molecule has 4 aromatic rings. The summed E-state index contributed by atoms with van der Waals surface area (Å²) >= 11 is 0. The zero-order valence-corrected chi connectivity index (χ0v) is 23.7. The van der Waals surface area contributed by atoms with Gasteiger partial charge in [-0.1, -0.05) is 12.1 Å². The SMILES string of the molecule is COc1cc(-c2cc3nccc(-c4ccc(OC5CCOCC5)c(C#N)c4)c3o2)ccc1C(=O)NCCN1CCNC1=O. The number of amides is 3. The van der Waals surface area contributed by atoms with Crippen molar-refractivity contribution in [1.29, 1.82) is 5.26 Å². The highest BCUT2D eigenvalue weighted by atomic mass is 16.5. The van der Waals surface area contributed by atoms with Crippen molar-refractivity contribution in [3.05, 3.63) is 65.9 Å². The van der Waals surface area contributed by atoms with Crippen molar-refractivity contribution in [1.82, 2.24) is 20.5 Å². The molecular formula is C32H31N5O6. The Morgan fingerprint density at radius 1 is 1.14 bits per heavy atom. The van der Waals surface area contributed by atoms with Crippen molar-refractivity contribution >= 4 is 23.0 Å². The summed E-state index contributed by atoms with van der Waals surface area (Å²) in [4.78, 5) is 30.7. The molecule has 43 heavy (non-hydrogen) atoms. The number of aromatic nitrogens is 1. The predicted octanol–water partition coefficient (Wildman–Crippen LogP) is 4.35. The zero-order valence-electron chi connectivity index (χ0n) is 23.7. The van der Waals surface area contributed by atoms with Crippen LogP contribution in [0.1, 0.15) is 28.8 Å². The summed E-state index contributed by atoms with van der Waals surface area (Å²) in [5, 5.41) is 15.4. The lowest BCUT2D eigenvalue weighted by atomic mass is 10.0. The summed E-state index contributed by atoms with van der Waals surface area (Å²) in [5.74, 6) is 1.21. The fraction of sp³-hybridized carbons (Fsp3) is 0.312. The molecule has 2 aromatic heterocycles. The average molecular weight is 582 g/mol. The minimum atomic E-state index is -0.297. The monoisotopic (exact) mass is 581 g/mol. The van der Waals surface area contributed by atoms with Crippen LogP contribution in [0.5, 0.6) is 11.5 Å². The first-order valence-electron chi connectivity index (χ1n) is 14.2. The van der Waals surface area contributed by atoms with Crippen LogP contribution >= 0.6 is 0 Å². The first kappa shape index (κ1) is 28.1. The normalized spacial score (nSPS) is 15.3. The highest BCUT2D eigenvalue weighted by Crippen LogP contribution is 2.37. The van der Waals surface area contributed by atoms with Gasteiger partial charge >= 0.3 is 6.03 Å². The van der Waals surface area contributed by atoms with Crippen molar-refractivity contribution in [3.8, 4) is 40.0 Å². The van der Waals surface area contributed by atoms with Crippen LogP contribution in [0.4, 0.5) is 4.79 Å². The second-order valence-electron chi connectivity index (χ2n) is 10.3. The average Bonchev–Trinajstić information content (AvgIpc) is 3.67. The molecule has 0 saturated carbocycles. The number of fused-ring (bicyclic) bond motifs is 1. The minimum Gasteiger partial charge on any atom is -0.496 e. The van der Waals surface area contributed by atoms with E-state index >= 15 is 0 Å². The molecule has 2 aliphatic heterocycles. The zero-order chi connectivity index (χ0) is 29.8. The van der Waals surface area contributed by atoms with Gasteiger partial charge in [-0.25, -0.2) is 4.79 Å². The number of pyridine rings is 1. The number of nitriles is 1. The molecular weight excluding hydrogens is 550 g/mol. The number of carbonyl (C=O) groups excluding carboxylic acids is 2. The smallest absolute Gasteiger partial charge is 0.317 e. The molecule has 0 spiro atoms. The molecule has 2 aliphatic rings. The maximum atomic E-state index is 12.9. The number of nitrogens with zero attached hydrogens (tertiary/aromatic N) is 3. The van der Waals surface area contributed by atoms with Crippen molar-refractivity contribution in [2.24, 2.45) is 0 Å². The summed E-state index contributed by atoms with van der Waals surface area (Å²) in [6, 6.07) is 16.6. The lowest BCUT2D eigenvalue weighted by molar-refractivity contribution is 0.0254. The number of urea groups is 1. The van der Waals surface area contributed by atoms with Gasteiger partial charge in [0.05, 0.1) is 31.5 Å². The molecule has 0 radical (unpaired) electrons. The highest BCUT2D eigenvalue weighted by Gasteiger charge is 2.21. The van der Waals surface area contributed by atoms with Crippen molar-refractivity contribution in [2.45, 2.75) is 18.9 Å². The third-order valence-corrected chi connectivity index (χ3v) is 7.63. The third-order valence-electron chi connectivity index (χ3n) is 7.63. The quantitative estimate of drug-likeness (QED) is 0.297. The molecule has 3 amide bonds. The second kappa shape index (κ2) is 12.4. The third kappa shape index (κ3) is 5.96. The molecule has 220 valence electrons. The van der Waals surface area contributed by atoms with E-state index in [0.29, 0.717) is 84.4 Å². The van der Waals surface area contributed by atoms with Crippen LogP contribution in [0.2, 0.25) is 0 Å². The Labute approximate surface area is 248 Å². The van der Waals surface area contributed by atoms with Crippen molar-refractivity contribution in [2.75, 3.05) is 46.5 Å². The number of hydrogen-bond acceptors (Lipinski definition) is 8. The Bertz CT molecular complexity index is 1700. The Kier molecular flexibility index (Phi) is 8.11. The number of benzene rings is 2. The van der Waals surface area contributed by atoms with E-state index < -0.39 is 0 Å². The Hall–Kier alpha value is -5.08. The van der Waals surface area contributed by atoms with Crippen LogP contribution in [0.25, 0.3) is 33.6 Å². The van der Waals surface area contributed by atoms with E-state index in [2.05, 4.69) is 21.7 Å². The highest BCUT2D eigenvalue weighted by molar-refractivity contribution is 5.98. The number of rotatable bonds is 9. The van der Waals surface area contributed by atoms with Gasteiger partial charge in [-0.2, -0.15) is 5.26 Å². The van der Waals surface area contributed by atoms with Crippen LogP contribution in [-0.2, 0) is 4.74 Å². The second-order valence-corrected chi connectivity index (χ2v) is 10.3. The number of methoxy groups -OCH3 is 1. The molecule has 0 unspecified atom stereocenters. The number of nitrogens with one attached hydrogen (secondary N) is 2. The molecule has 2 saturated heterocycles. The van der Waals surface area contributed by atoms with Gasteiger partial charge in [0.1, 0.15) is 34.9 Å². The van der Waals surface area contributed by atoms with Gasteiger partial charge < -0.3 is 34.2 Å². The maximum absolute atomic E-state index is 12.9. The molecule has 11 nitrogen and oxygen atoms in total. The topological polar surface area (TPSA) is 139 Å². The molecule has 2 aromatic carbocycles. The first-order chi connectivity index (χ1) is 21.0. The van der Waals surface area contributed by atoms with E-state index in [1.54, 1.807) is 35.4 Å². The molecule has 4 heterocycles. The molecule has 0 atom stereocenters. The molecule has 6 rings (SSSR count). The van der Waals surface area contributed by atoms with Crippen LogP contribution in [-0.4, -0.2) is 74.4 Å². The van der Waals surface area contributed by atoms with Gasteiger partial charge in [0.25, 0.3) is 5.91 Å². The summed E-state index contributed by atoms with van der Waals surface area (Å²) in [7, 11) is 1.50. The van der Waals surface area contributed by atoms with E-state index in [1.165, 1.54) is 7.11 Å². The van der Waals surface area contributed by atoms with Gasteiger partial charge in [0.15, 0.2) is 5.58 Å². The van der Waals surface area contributed by atoms with Gasteiger partial charge in [0, 0.05) is 62.4 Å². The Morgan fingerprint density at radius 2 is 1.98 bits per heavy atom. The van der Waals surface area contributed by atoms with Gasteiger partial charge in [-0.3, -0.25) is 9.78 Å². The minimum absolute atomic E-state index is 0.0274. The maximum Gasteiger partial charge on any atom is 0.317 e. The lowest BCUT2D eigenvalue weighted by Crippen LogP contribution is -2.36. The van der Waals surface area contributed by atoms with Crippen LogP contribution in [0, 0.1) is 11.3 Å². The number of ether oxygens (including phenoxy) is 3. The summed E-state index contributed by atoms with van der Waals surface area (Å²) in [5.41, 5.74) is 4.36. The van der Waals surface area contributed by atoms with Crippen LogP contribution in [0.3, 0.4) is 0 Å². The van der Waals surface area contributed by atoms with E-state index in [0.717, 1.165) is 24.0 Å². The first-order valence-corrected chi connectivity index (χ1v) is 14.2. The van der Waals surface area contributed by atoms with E-state index in [4.69, 9.17) is 18.6 Å².